The van der Waals surface area contributed by atoms with Gasteiger partial charge in [0, 0.05) is 10.7 Å². The number of nitrogen functional groups attached to an aromatic ring is 1. The minimum absolute atomic E-state index is 0.150. The molecule has 0 aromatic carbocycles. The number of rotatable bonds is 2. The van der Waals surface area contributed by atoms with Gasteiger partial charge in [0.05, 0.1) is 12.4 Å². The van der Waals surface area contributed by atoms with Crippen molar-refractivity contribution in [3.05, 3.63) is 40.4 Å². The fourth-order valence-electron chi connectivity index (χ4n) is 1.28. The first kappa shape index (κ1) is 12.4. The number of nitrogens with one attached hydrogen (secondary N) is 1. The summed E-state index contributed by atoms with van der Waals surface area (Å²) >= 11 is 3.34. The van der Waals surface area contributed by atoms with Crippen LogP contribution in [-0.4, -0.2) is 20.9 Å². The fourth-order valence-corrected chi connectivity index (χ4v) is 1.50. The SMILES string of the molecule is Cc1cc(NC(=O)c2cncc(N)n2)ncc1Br. The van der Waals surface area contributed by atoms with Crippen LogP contribution >= 0.6 is 15.9 Å². The van der Waals surface area contributed by atoms with Crippen molar-refractivity contribution in [2.75, 3.05) is 11.1 Å². The van der Waals surface area contributed by atoms with Crippen molar-refractivity contribution in [1.82, 2.24) is 15.0 Å². The number of pyridine rings is 1. The monoisotopic (exact) mass is 307 g/mol. The molecule has 0 aliphatic rings. The predicted octanol–water partition coefficient (Wildman–Crippen LogP) is 1.78. The Labute approximate surface area is 112 Å². The third-order valence-corrected chi connectivity index (χ3v) is 3.00. The molecular formula is C11H10BrN5O. The maximum atomic E-state index is 11.8. The van der Waals surface area contributed by atoms with E-state index in [2.05, 4.69) is 36.2 Å². The number of halogens is 1. The molecule has 0 saturated carbocycles. The lowest BCUT2D eigenvalue weighted by atomic mass is 10.3. The van der Waals surface area contributed by atoms with Crippen LogP contribution in [0, 0.1) is 6.92 Å². The summed E-state index contributed by atoms with van der Waals surface area (Å²) in [5.41, 5.74) is 6.58. The minimum atomic E-state index is -0.399. The van der Waals surface area contributed by atoms with Crippen LogP contribution in [0.3, 0.4) is 0 Å². The number of aryl methyl sites for hydroxylation is 1. The number of aromatic nitrogens is 3. The Morgan fingerprint density at radius 1 is 1.39 bits per heavy atom. The van der Waals surface area contributed by atoms with Crippen molar-refractivity contribution in [3.63, 3.8) is 0 Å². The smallest absolute Gasteiger partial charge is 0.277 e. The second kappa shape index (κ2) is 5.09. The highest BCUT2D eigenvalue weighted by molar-refractivity contribution is 9.10. The molecule has 2 heterocycles. The fraction of sp³-hybridized carbons (Fsp3) is 0.0909. The van der Waals surface area contributed by atoms with E-state index >= 15 is 0 Å². The van der Waals surface area contributed by atoms with Crippen LogP contribution in [0.15, 0.2) is 29.1 Å². The van der Waals surface area contributed by atoms with Gasteiger partial charge in [0.1, 0.15) is 17.3 Å². The Kier molecular flexibility index (Phi) is 3.52. The molecule has 2 rings (SSSR count). The maximum absolute atomic E-state index is 11.8. The molecule has 0 aliphatic carbocycles. The molecule has 6 nitrogen and oxygen atoms in total. The molecule has 0 bridgehead atoms. The number of hydrogen-bond acceptors (Lipinski definition) is 5. The highest BCUT2D eigenvalue weighted by Gasteiger charge is 2.09. The third kappa shape index (κ3) is 2.80. The van der Waals surface area contributed by atoms with E-state index in [-0.39, 0.29) is 11.5 Å². The normalized spacial score (nSPS) is 10.1. The van der Waals surface area contributed by atoms with Crippen molar-refractivity contribution in [2.24, 2.45) is 0 Å². The van der Waals surface area contributed by atoms with Gasteiger partial charge in [0.25, 0.3) is 5.91 Å². The van der Waals surface area contributed by atoms with Crippen molar-refractivity contribution in [3.8, 4) is 0 Å². The van der Waals surface area contributed by atoms with Gasteiger partial charge < -0.3 is 11.1 Å². The van der Waals surface area contributed by atoms with Gasteiger partial charge in [-0.3, -0.25) is 9.78 Å². The van der Waals surface area contributed by atoms with Crippen molar-refractivity contribution < 1.29 is 4.79 Å². The van der Waals surface area contributed by atoms with E-state index in [0.29, 0.717) is 5.82 Å². The lowest BCUT2D eigenvalue weighted by Crippen LogP contribution is -2.15. The van der Waals surface area contributed by atoms with E-state index in [1.807, 2.05) is 6.92 Å². The average Bonchev–Trinajstić information content (AvgIpc) is 2.34. The molecule has 0 fully saturated rings. The largest absolute Gasteiger partial charge is 0.382 e. The lowest BCUT2D eigenvalue weighted by molar-refractivity contribution is 0.102. The molecule has 3 N–H and O–H groups in total. The first-order valence-electron chi connectivity index (χ1n) is 5.07. The summed E-state index contributed by atoms with van der Waals surface area (Å²) in [7, 11) is 0. The Morgan fingerprint density at radius 2 is 2.17 bits per heavy atom. The molecule has 1 amide bonds. The van der Waals surface area contributed by atoms with Crippen LogP contribution < -0.4 is 11.1 Å². The Bertz CT molecular complexity index is 602. The summed E-state index contributed by atoms with van der Waals surface area (Å²) in [6, 6.07) is 1.75. The van der Waals surface area contributed by atoms with Crippen LogP contribution in [0.4, 0.5) is 11.6 Å². The van der Waals surface area contributed by atoms with E-state index < -0.39 is 5.91 Å². The summed E-state index contributed by atoms with van der Waals surface area (Å²) < 4.78 is 0.879. The predicted molar refractivity (Wildman–Crippen MR) is 71.1 cm³/mol. The number of nitrogens with two attached hydrogens (primary N) is 1. The first-order chi connectivity index (χ1) is 8.56. The number of nitrogens with zero attached hydrogens (tertiary/aromatic N) is 3. The van der Waals surface area contributed by atoms with Crippen LogP contribution in [-0.2, 0) is 0 Å². The van der Waals surface area contributed by atoms with Gasteiger partial charge in [-0.15, -0.1) is 0 Å². The molecule has 0 radical (unpaired) electrons. The van der Waals surface area contributed by atoms with Crippen molar-refractivity contribution >= 4 is 33.5 Å². The van der Waals surface area contributed by atoms with Gasteiger partial charge in [-0.25, -0.2) is 9.97 Å². The van der Waals surface area contributed by atoms with Crippen LogP contribution in [0.2, 0.25) is 0 Å². The van der Waals surface area contributed by atoms with Crippen LogP contribution in [0.1, 0.15) is 16.1 Å². The summed E-state index contributed by atoms with van der Waals surface area (Å²) in [4.78, 5) is 23.6. The molecule has 18 heavy (non-hydrogen) atoms. The van der Waals surface area contributed by atoms with Gasteiger partial charge in [-0.05, 0) is 34.5 Å². The topological polar surface area (TPSA) is 93.8 Å². The quantitative estimate of drug-likeness (QED) is 0.882. The molecule has 0 spiro atoms. The minimum Gasteiger partial charge on any atom is -0.382 e. The van der Waals surface area contributed by atoms with E-state index in [0.717, 1.165) is 10.0 Å². The number of anilines is 2. The molecule has 92 valence electrons. The van der Waals surface area contributed by atoms with Crippen molar-refractivity contribution in [1.29, 1.82) is 0 Å². The van der Waals surface area contributed by atoms with Crippen LogP contribution in [0.25, 0.3) is 0 Å². The third-order valence-electron chi connectivity index (χ3n) is 2.17. The molecular weight excluding hydrogens is 298 g/mol. The van der Waals surface area contributed by atoms with E-state index in [1.165, 1.54) is 12.4 Å². The van der Waals surface area contributed by atoms with E-state index in [1.54, 1.807) is 12.3 Å². The molecule has 2 aromatic rings. The molecule has 0 saturated heterocycles. The Balaban J connectivity index is 2.18. The zero-order valence-corrected chi connectivity index (χ0v) is 11.1. The molecule has 0 unspecified atom stereocenters. The Morgan fingerprint density at radius 3 is 2.83 bits per heavy atom. The number of carbonyl (C=O) groups excluding carboxylic acids is 1. The summed E-state index contributed by atoms with van der Waals surface area (Å²) in [5, 5.41) is 2.62. The highest BCUT2D eigenvalue weighted by atomic mass is 79.9. The molecule has 2 aromatic heterocycles. The van der Waals surface area contributed by atoms with Crippen LogP contribution in [0.5, 0.6) is 0 Å². The van der Waals surface area contributed by atoms with E-state index in [9.17, 15) is 4.79 Å². The number of carbonyl (C=O) groups is 1. The number of hydrogen-bond donors (Lipinski definition) is 2. The summed E-state index contributed by atoms with van der Waals surface area (Å²) in [6.07, 6.45) is 4.34. The number of amides is 1. The summed E-state index contributed by atoms with van der Waals surface area (Å²) in [5.74, 6) is 0.247. The zero-order valence-electron chi connectivity index (χ0n) is 9.51. The average molecular weight is 308 g/mol. The van der Waals surface area contributed by atoms with Gasteiger partial charge >= 0.3 is 0 Å². The zero-order chi connectivity index (χ0) is 13.1. The van der Waals surface area contributed by atoms with Gasteiger partial charge in [-0.1, -0.05) is 0 Å². The molecule has 0 aliphatic heterocycles. The van der Waals surface area contributed by atoms with Gasteiger partial charge in [-0.2, -0.15) is 0 Å². The second-order valence-corrected chi connectivity index (χ2v) is 4.46. The van der Waals surface area contributed by atoms with E-state index in [4.69, 9.17) is 5.73 Å². The van der Waals surface area contributed by atoms with Gasteiger partial charge in [0.15, 0.2) is 0 Å². The Hall–Kier alpha value is -2.02. The highest BCUT2D eigenvalue weighted by Crippen LogP contribution is 2.17. The molecule has 0 atom stereocenters. The maximum Gasteiger partial charge on any atom is 0.277 e. The first-order valence-corrected chi connectivity index (χ1v) is 5.86. The standard InChI is InChI=1S/C11H10BrN5O/c1-6-2-10(15-3-7(6)12)17-11(18)8-4-14-5-9(13)16-8/h2-5H,1H3,(H2,13,16)(H,15,17,18). The second-order valence-electron chi connectivity index (χ2n) is 3.60. The molecule has 7 heteroatoms. The van der Waals surface area contributed by atoms with Gasteiger partial charge in [0.2, 0.25) is 0 Å². The lowest BCUT2D eigenvalue weighted by Gasteiger charge is -2.05. The summed E-state index contributed by atoms with van der Waals surface area (Å²) in [6.45, 7) is 1.90. The van der Waals surface area contributed by atoms with Crippen molar-refractivity contribution in [2.45, 2.75) is 6.92 Å².